The predicted octanol–water partition coefficient (Wildman–Crippen LogP) is 5.83. The molecular weight excluding hydrogens is 445 g/mol. The molecule has 0 fully saturated rings. The van der Waals surface area contributed by atoms with Gasteiger partial charge < -0.3 is 9.64 Å². The van der Waals surface area contributed by atoms with Crippen molar-refractivity contribution in [1.82, 2.24) is 15.1 Å². The van der Waals surface area contributed by atoms with Gasteiger partial charge in [-0.25, -0.2) is 9.49 Å². The molecule has 0 aliphatic carbocycles. The van der Waals surface area contributed by atoms with E-state index in [9.17, 15) is 14.0 Å². The molecule has 1 aromatic heterocycles. The van der Waals surface area contributed by atoms with Gasteiger partial charge in [0.25, 0.3) is 11.5 Å². The fourth-order valence-corrected chi connectivity index (χ4v) is 4.00. The number of benzene rings is 3. The number of ether oxygens (including phenoxy) is 1. The van der Waals surface area contributed by atoms with Gasteiger partial charge in [0.2, 0.25) is 0 Å². The molecule has 35 heavy (non-hydrogen) atoms. The van der Waals surface area contributed by atoms with Crippen LogP contribution in [0.1, 0.15) is 29.8 Å². The van der Waals surface area contributed by atoms with E-state index in [2.05, 4.69) is 10.2 Å². The number of hydrogen-bond donors (Lipinski definition) is 1. The number of halogens is 1. The molecule has 0 aliphatic rings. The summed E-state index contributed by atoms with van der Waals surface area (Å²) in [4.78, 5) is 27.1. The number of rotatable bonds is 7. The molecule has 0 bridgehead atoms. The number of aromatic nitrogens is 2. The normalized spacial score (nSPS) is 10.7. The maximum absolute atomic E-state index is 14.8. The first-order valence-electron chi connectivity index (χ1n) is 11.4. The van der Waals surface area contributed by atoms with Gasteiger partial charge in [0, 0.05) is 35.3 Å². The Labute approximate surface area is 203 Å². The predicted molar refractivity (Wildman–Crippen MR) is 134 cm³/mol. The second-order valence-electron chi connectivity index (χ2n) is 8.02. The molecule has 0 aliphatic heterocycles. The third-order valence-corrected chi connectivity index (χ3v) is 5.82. The van der Waals surface area contributed by atoms with Gasteiger partial charge in [0.05, 0.1) is 0 Å². The van der Waals surface area contributed by atoms with Crippen LogP contribution in [0, 0.1) is 12.7 Å². The summed E-state index contributed by atoms with van der Waals surface area (Å²) in [5, 5.41) is 6.85. The van der Waals surface area contributed by atoms with Crippen molar-refractivity contribution in [3.8, 4) is 33.9 Å². The molecular formula is C28H26FN3O3. The van der Waals surface area contributed by atoms with Crippen LogP contribution in [0.3, 0.4) is 0 Å². The highest BCUT2D eigenvalue weighted by Gasteiger charge is 2.21. The average Bonchev–Trinajstić information content (AvgIpc) is 2.87. The maximum atomic E-state index is 14.8. The Morgan fingerprint density at radius 1 is 1.00 bits per heavy atom. The lowest BCUT2D eigenvalue weighted by atomic mass is 9.94. The van der Waals surface area contributed by atoms with E-state index in [0.717, 1.165) is 0 Å². The van der Waals surface area contributed by atoms with E-state index in [0.29, 0.717) is 52.5 Å². The highest BCUT2D eigenvalue weighted by molar-refractivity contribution is 5.96. The van der Waals surface area contributed by atoms with Crippen molar-refractivity contribution in [3.05, 3.63) is 100 Å². The van der Waals surface area contributed by atoms with Crippen molar-refractivity contribution in [1.29, 1.82) is 0 Å². The van der Waals surface area contributed by atoms with Crippen molar-refractivity contribution < 1.29 is 13.9 Å². The first kappa shape index (κ1) is 23.9. The lowest BCUT2D eigenvalue weighted by Crippen LogP contribution is -2.30. The van der Waals surface area contributed by atoms with E-state index < -0.39 is 11.4 Å². The number of H-pyrrole nitrogens is 1. The average molecular weight is 472 g/mol. The van der Waals surface area contributed by atoms with E-state index in [1.165, 1.54) is 12.1 Å². The van der Waals surface area contributed by atoms with Crippen molar-refractivity contribution in [2.75, 3.05) is 13.1 Å². The first-order valence-corrected chi connectivity index (χ1v) is 11.4. The summed E-state index contributed by atoms with van der Waals surface area (Å²) >= 11 is 0. The quantitative estimate of drug-likeness (QED) is 0.368. The Bertz CT molecular complexity index is 1410. The summed E-state index contributed by atoms with van der Waals surface area (Å²) in [6, 6.07) is 20.7. The first-order chi connectivity index (χ1) is 16.9. The molecule has 4 aromatic rings. The summed E-state index contributed by atoms with van der Waals surface area (Å²) in [5.74, 6) is 0.313. The standard InChI is InChI=1S/C28H26FN3O3/c1-4-32(5-2)28(34)20-15-19(16-21(29)17-20)25-18(3)27(33)31-30-26(25)23-13-9-10-14-24(23)35-22-11-7-6-8-12-22/h6-17H,4-5H2,1-3H3,(H,31,33). The molecule has 7 heteroatoms. The summed E-state index contributed by atoms with van der Waals surface area (Å²) < 4.78 is 20.9. The molecule has 1 amide bonds. The SMILES string of the molecule is CCN(CC)C(=O)c1cc(F)cc(-c2c(-c3ccccc3Oc3ccccc3)n[nH]c(=O)c2C)c1. The minimum absolute atomic E-state index is 0.211. The van der Waals surface area contributed by atoms with Gasteiger partial charge in [-0.2, -0.15) is 5.10 Å². The van der Waals surface area contributed by atoms with Crippen molar-refractivity contribution in [3.63, 3.8) is 0 Å². The van der Waals surface area contributed by atoms with Gasteiger partial charge in [-0.1, -0.05) is 30.3 Å². The number of aromatic amines is 1. The minimum atomic E-state index is -0.572. The zero-order chi connectivity index (χ0) is 24.9. The maximum Gasteiger partial charge on any atom is 0.267 e. The van der Waals surface area contributed by atoms with Crippen LogP contribution in [0.15, 0.2) is 77.6 Å². The van der Waals surface area contributed by atoms with Crippen molar-refractivity contribution >= 4 is 5.91 Å². The van der Waals surface area contributed by atoms with Crippen LogP contribution in [0.5, 0.6) is 11.5 Å². The van der Waals surface area contributed by atoms with Crippen LogP contribution < -0.4 is 10.3 Å². The Morgan fingerprint density at radius 2 is 1.69 bits per heavy atom. The lowest BCUT2D eigenvalue weighted by molar-refractivity contribution is 0.0772. The molecule has 0 unspecified atom stereocenters. The number of carbonyl (C=O) groups excluding carboxylic acids is 1. The van der Waals surface area contributed by atoms with Crippen LogP contribution in [0.4, 0.5) is 4.39 Å². The Hall–Kier alpha value is -4.26. The van der Waals surface area contributed by atoms with Crippen molar-refractivity contribution in [2.24, 2.45) is 0 Å². The van der Waals surface area contributed by atoms with Gasteiger partial charge >= 0.3 is 0 Å². The molecule has 1 heterocycles. The molecule has 4 rings (SSSR count). The van der Waals surface area contributed by atoms with Crippen molar-refractivity contribution in [2.45, 2.75) is 20.8 Å². The smallest absolute Gasteiger partial charge is 0.267 e. The topological polar surface area (TPSA) is 75.3 Å². The molecule has 0 saturated heterocycles. The highest BCUT2D eigenvalue weighted by Crippen LogP contribution is 2.38. The van der Waals surface area contributed by atoms with Crippen LogP contribution >= 0.6 is 0 Å². The summed E-state index contributed by atoms with van der Waals surface area (Å²) in [6.45, 7) is 6.39. The Balaban J connectivity index is 1.90. The second kappa shape index (κ2) is 10.3. The second-order valence-corrected chi connectivity index (χ2v) is 8.02. The zero-order valence-corrected chi connectivity index (χ0v) is 19.8. The Morgan fingerprint density at radius 3 is 2.40 bits per heavy atom. The molecule has 6 nitrogen and oxygen atoms in total. The van der Waals surface area contributed by atoms with Crippen LogP contribution in [0.2, 0.25) is 0 Å². The van der Waals surface area contributed by atoms with Gasteiger partial charge in [-0.05, 0) is 68.8 Å². The number of nitrogens with zero attached hydrogens (tertiary/aromatic N) is 2. The molecule has 0 atom stereocenters. The third kappa shape index (κ3) is 4.99. The molecule has 3 aromatic carbocycles. The van der Waals surface area contributed by atoms with Crippen LogP contribution in [-0.4, -0.2) is 34.1 Å². The molecule has 0 saturated carbocycles. The number of carbonyl (C=O) groups is 1. The van der Waals surface area contributed by atoms with E-state index in [1.807, 2.05) is 62.4 Å². The fourth-order valence-electron chi connectivity index (χ4n) is 4.00. The van der Waals surface area contributed by atoms with Gasteiger partial charge in [0.1, 0.15) is 23.0 Å². The summed E-state index contributed by atoms with van der Waals surface area (Å²) in [6.07, 6.45) is 0. The highest BCUT2D eigenvalue weighted by atomic mass is 19.1. The van der Waals surface area contributed by atoms with Crippen LogP contribution in [-0.2, 0) is 0 Å². The number of hydrogen-bond acceptors (Lipinski definition) is 4. The van der Waals surface area contributed by atoms with Gasteiger partial charge in [-0.3, -0.25) is 9.59 Å². The molecule has 0 spiro atoms. The number of nitrogens with one attached hydrogen (secondary N) is 1. The molecule has 0 radical (unpaired) electrons. The van der Waals surface area contributed by atoms with E-state index in [1.54, 1.807) is 24.0 Å². The lowest BCUT2D eigenvalue weighted by Gasteiger charge is -2.20. The number of para-hydroxylation sites is 2. The van der Waals surface area contributed by atoms with Crippen LogP contribution in [0.25, 0.3) is 22.4 Å². The van der Waals surface area contributed by atoms with E-state index in [4.69, 9.17) is 4.74 Å². The van der Waals surface area contributed by atoms with Gasteiger partial charge in [0.15, 0.2) is 0 Å². The van der Waals surface area contributed by atoms with E-state index in [-0.39, 0.29) is 11.5 Å². The minimum Gasteiger partial charge on any atom is -0.457 e. The Kier molecular flexibility index (Phi) is 7.06. The summed E-state index contributed by atoms with van der Waals surface area (Å²) in [7, 11) is 0. The zero-order valence-electron chi connectivity index (χ0n) is 19.8. The van der Waals surface area contributed by atoms with Gasteiger partial charge in [-0.15, -0.1) is 0 Å². The summed E-state index contributed by atoms with van der Waals surface area (Å²) in [5.41, 5.74) is 2.03. The fraction of sp³-hybridized carbons (Fsp3) is 0.179. The monoisotopic (exact) mass is 471 g/mol. The van der Waals surface area contributed by atoms with E-state index >= 15 is 0 Å². The number of amides is 1. The third-order valence-electron chi connectivity index (χ3n) is 5.82. The largest absolute Gasteiger partial charge is 0.457 e. The molecule has 1 N–H and O–H groups in total. The molecule has 178 valence electrons.